The number of benzene rings is 2. The molecule has 0 saturated heterocycles. The Kier molecular flexibility index (Phi) is 7.00. The molecule has 32 heavy (non-hydrogen) atoms. The minimum atomic E-state index is -3.24. The first-order valence-corrected chi connectivity index (χ1v) is 10.2. The zero-order chi connectivity index (χ0) is 23.6. The molecule has 3 rings (SSSR count). The van der Waals surface area contributed by atoms with Gasteiger partial charge in [0, 0.05) is 18.1 Å². The topological polar surface area (TPSA) is 48.4 Å². The van der Waals surface area contributed by atoms with Crippen LogP contribution >= 0.6 is 23.2 Å². The van der Waals surface area contributed by atoms with E-state index < -0.39 is 34.9 Å². The van der Waals surface area contributed by atoms with Crippen molar-refractivity contribution in [3.05, 3.63) is 81.3 Å². The molecule has 3 aromatic rings. The number of carbonyl (C=O) groups excluding carboxylic acids is 1. The number of rotatable bonds is 6. The highest BCUT2D eigenvalue weighted by molar-refractivity contribution is 6.32. The van der Waals surface area contributed by atoms with E-state index in [9.17, 15) is 18.0 Å². The third-order valence-electron chi connectivity index (χ3n) is 4.56. The lowest BCUT2D eigenvalue weighted by atomic mass is 10.0. The molecule has 0 unspecified atom stereocenters. The molecule has 0 aliphatic carbocycles. The van der Waals surface area contributed by atoms with Gasteiger partial charge in [-0.05, 0) is 25.1 Å². The van der Waals surface area contributed by atoms with E-state index in [0.29, 0.717) is 0 Å². The number of ether oxygens (including phenoxy) is 2. The zero-order valence-corrected chi connectivity index (χ0v) is 18.8. The fourth-order valence-electron chi connectivity index (χ4n) is 2.65. The summed E-state index contributed by atoms with van der Waals surface area (Å²) in [7, 11) is 0. The smallest absolute Gasteiger partial charge is 0.346 e. The van der Waals surface area contributed by atoms with Crippen molar-refractivity contribution in [2.45, 2.75) is 26.7 Å². The summed E-state index contributed by atoms with van der Waals surface area (Å²) in [4.78, 5) is 16.0. The molecule has 0 saturated carbocycles. The number of nitrogens with zero attached hydrogens (tertiary/aromatic N) is 1. The highest BCUT2D eigenvalue weighted by atomic mass is 35.5. The van der Waals surface area contributed by atoms with Crippen LogP contribution < -0.4 is 9.47 Å². The summed E-state index contributed by atoms with van der Waals surface area (Å²) in [5, 5.41) is -0.411. The number of aryl methyl sites for hydroxylation is 1. The van der Waals surface area contributed by atoms with E-state index in [4.69, 9.17) is 32.7 Å². The fourth-order valence-corrected chi connectivity index (χ4v) is 3.14. The molecule has 0 spiro atoms. The summed E-state index contributed by atoms with van der Waals surface area (Å²) >= 11 is 12.1. The molecule has 0 N–H and O–H groups in total. The van der Waals surface area contributed by atoms with Crippen LogP contribution in [0.1, 0.15) is 35.5 Å². The van der Waals surface area contributed by atoms with Crippen molar-refractivity contribution in [2.75, 3.05) is 0 Å². The Labute approximate surface area is 192 Å². The highest BCUT2D eigenvalue weighted by Crippen LogP contribution is 2.40. The number of esters is 1. The van der Waals surface area contributed by atoms with Gasteiger partial charge in [-0.3, -0.25) is 0 Å². The summed E-state index contributed by atoms with van der Waals surface area (Å²) < 4.78 is 53.6. The lowest BCUT2D eigenvalue weighted by Crippen LogP contribution is -2.22. The predicted octanol–water partition coefficient (Wildman–Crippen LogP) is 7.60. The molecule has 4 nitrogen and oxygen atoms in total. The number of hydrogen-bond acceptors (Lipinski definition) is 4. The van der Waals surface area contributed by atoms with Gasteiger partial charge in [-0.25, -0.2) is 14.2 Å². The molecule has 0 aliphatic rings. The molecule has 168 valence electrons. The van der Waals surface area contributed by atoms with Gasteiger partial charge in [0.15, 0.2) is 0 Å². The monoisotopic (exact) mass is 483 g/mol. The first-order chi connectivity index (χ1) is 15.0. The van der Waals surface area contributed by atoms with Gasteiger partial charge in [-0.1, -0.05) is 54.7 Å². The van der Waals surface area contributed by atoms with Gasteiger partial charge in [-0.2, -0.15) is 8.78 Å². The maximum Gasteiger partial charge on any atom is 0.346 e. The number of carbonyl (C=O) groups is 1. The third kappa shape index (κ3) is 5.16. The molecule has 9 heteroatoms. The Morgan fingerprint density at radius 3 is 2.28 bits per heavy atom. The summed E-state index contributed by atoms with van der Waals surface area (Å²) in [6, 6.07) is 9.71. The van der Waals surface area contributed by atoms with Crippen LogP contribution in [0.5, 0.6) is 17.2 Å². The minimum Gasteiger partial charge on any atom is -0.454 e. The number of halogens is 5. The molecule has 0 atom stereocenters. The van der Waals surface area contributed by atoms with E-state index >= 15 is 0 Å². The second-order valence-corrected chi connectivity index (χ2v) is 8.16. The SMILES string of the molecule is Cc1ccc(OC(=O)c2cc(Cl)c(Oc3cnc(C(F)(F)C(C)C)c(Cl)c3)cc2F)cc1. The van der Waals surface area contributed by atoms with Crippen LogP contribution in [-0.2, 0) is 5.92 Å². The molecule has 0 bridgehead atoms. The summed E-state index contributed by atoms with van der Waals surface area (Å²) in [6.07, 6.45) is 1.03. The molecule has 1 heterocycles. The first kappa shape index (κ1) is 23.9. The van der Waals surface area contributed by atoms with Crippen molar-refractivity contribution in [3.8, 4) is 17.2 Å². The van der Waals surface area contributed by atoms with E-state index in [1.54, 1.807) is 24.3 Å². The molecule has 0 radical (unpaired) electrons. The molecular formula is C23H18Cl2F3NO3. The van der Waals surface area contributed by atoms with Crippen LogP contribution in [0.15, 0.2) is 48.7 Å². The Morgan fingerprint density at radius 2 is 1.69 bits per heavy atom. The van der Waals surface area contributed by atoms with Gasteiger partial charge in [0.1, 0.15) is 28.8 Å². The molecule has 0 aliphatic heterocycles. The van der Waals surface area contributed by atoms with Gasteiger partial charge < -0.3 is 9.47 Å². The van der Waals surface area contributed by atoms with Gasteiger partial charge in [0.25, 0.3) is 5.92 Å². The van der Waals surface area contributed by atoms with Gasteiger partial charge in [0.2, 0.25) is 0 Å². The van der Waals surface area contributed by atoms with E-state index in [1.165, 1.54) is 13.8 Å². The van der Waals surface area contributed by atoms with Crippen LogP contribution in [0.4, 0.5) is 13.2 Å². The van der Waals surface area contributed by atoms with Gasteiger partial charge in [0.05, 0.1) is 21.8 Å². The Bertz CT molecular complexity index is 1150. The van der Waals surface area contributed by atoms with Crippen molar-refractivity contribution >= 4 is 29.2 Å². The van der Waals surface area contributed by atoms with Crippen molar-refractivity contribution in [2.24, 2.45) is 5.92 Å². The third-order valence-corrected chi connectivity index (χ3v) is 5.14. The van der Waals surface area contributed by atoms with Crippen LogP contribution in [-0.4, -0.2) is 11.0 Å². The standard InChI is InChI=1S/C23H18Cl2F3NO3/c1-12(2)23(27,28)21-18(25)8-15(11-29-21)31-20-10-19(26)16(9-17(20)24)22(30)32-14-6-4-13(3)5-7-14/h4-12H,1-3H3. The summed E-state index contributed by atoms with van der Waals surface area (Å²) in [6.45, 7) is 4.56. The number of hydrogen-bond donors (Lipinski definition) is 0. The lowest BCUT2D eigenvalue weighted by molar-refractivity contribution is -0.0553. The van der Waals surface area contributed by atoms with Crippen molar-refractivity contribution < 1.29 is 27.4 Å². The lowest BCUT2D eigenvalue weighted by Gasteiger charge is -2.21. The van der Waals surface area contributed by atoms with E-state index in [-0.39, 0.29) is 27.3 Å². The number of pyridine rings is 1. The van der Waals surface area contributed by atoms with Gasteiger partial charge >= 0.3 is 5.97 Å². The average Bonchev–Trinajstić information content (AvgIpc) is 2.71. The molecule has 1 aromatic heterocycles. The van der Waals surface area contributed by atoms with E-state index in [0.717, 1.165) is 30.0 Å². The summed E-state index contributed by atoms with van der Waals surface area (Å²) in [5.74, 6) is -6.08. The molecular weight excluding hydrogens is 466 g/mol. The average molecular weight is 484 g/mol. The van der Waals surface area contributed by atoms with Crippen LogP contribution in [0, 0.1) is 18.7 Å². The highest BCUT2D eigenvalue weighted by Gasteiger charge is 2.39. The largest absolute Gasteiger partial charge is 0.454 e. The second-order valence-electron chi connectivity index (χ2n) is 7.35. The first-order valence-electron chi connectivity index (χ1n) is 9.48. The molecule has 0 amide bonds. The molecule has 2 aromatic carbocycles. The van der Waals surface area contributed by atoms with Crippen LogP contribution in [0.2, 0.25) is 10.0 Å². The Morgan fingerprint density at radius 1 is 1.03 bits per heavy atom. The number of aromatic nitrogens is 1. The Hall–Kier alpha value is -2.77. The maximum absolute atomic E-state index is 14.6. The van der Waals surface area contributed by atoms with Crippen molar-refractivity contribution in [3.63, 3.8) is 0 Å². The van der Waals surface area contributed by atoms with E-state index in [2.05, 4.69) is 4.98 Å². The zero-order valence-electron chi connectivity index (χ0n) is 17.3. The molecule has 0 fully saturated rings. The fraction of sp³-hybridized carbons (Fsp3) is 0.217. The Balaban J connectivity index is 1.81. The van der Waals surface area contributed by atoms with E-state index in [1.807, 2.05) is 6.92 Å². The quantitative estimate of drug-likeness (QED) is 0.267. The van der Waals surface area contributed by atoms with Crippen LogP contribution in [0.3, 0.4) is 0 Å². The predicted molar refractivity (Wildman–Crippen MR) is 116 cm³/mol. The summed E-state index contributed by atoms with van der Waals surface area (Å²) in [5.41, 5.74) is -0.0184. The van der Waals surface area contributed by atoms with Crippen LogP contribution in [0.25, 0.3) is 0 Å². The minimum absolute atomic E-state index is 0.0328. The normalized spacial score (nSPS) is 11.5. The van der Waals surface area contributed by atoms with Gasteiger partial charge in [-0.15, -0.1) is 0 Å². The number of alkyl halides is 2. The van der Waals surface area contributed by atoms with Crippen molar-refractivity contribution in [1.29, 1.82) is 0 Å². The maximum atomic E-state index is 14.6. The second kappa shape index (κ2) is 9.38. The van der Waals surface area contributed by atoms with Crippen molar-refractivity contribution in [1.82, 2.24) is 4.98 Å².